The normalized spacial score (nSPS) is 22.1. The molecule has 0 aliphatic heterocycles. The van der Waals surface area contributed by atoms with E-state index in [4.69, 9.17) is 5.73 Å². The van der Waals surface area contributed by atoms with Crippen LogP contribution >= 0.6 is 0 Å². The number of nitrogens with two attached hydrogens (primary N) is 1. The number of aryl methyl sites for hydroxylation is 2. The average molecular weight is 264 g/mol. The highest BCUT2D eigenvalue weighted by molar-refractivity contribution is 5.92. The molecule has 0 radical (unpaired) electrons. The molecule has 0 saturated heterocycles. The molecule has 1 heterocycles. The molecule has 0 atom stereocenters. The number of aromatic nitrogens is 2. The molecule has 1 fully saturated rings. The van der Waals surface area contributed by atoms with E-state index in [-0.39, 0.29) is 5.91 Å². The van der Waals surface area contributed by atoms with Gasteiger partial charge in [0.05, 0.1) is 5.69 Å². The van der Waals surface area contributed by atoms with E-state index in [1.807, 2.05) is 20.0 Å². The predicted octanol–water partition coefficient (Wildman–Crippen LogP) is 1.27. The minimum absolute atomic E-state index is 0.0644. The maximum atomic E-state index is 12.4. The molecule has 19 heavy (non-hydrogen) atoms. The van der Waals surface area contributed by atoms with Crippen LogP contribution < -0.4 is 5.73 Å². The lowest BCUT2D eigenvalue weighted by Gasteiger charge is -2.35. The van der Waals surface area contributed by atoms with Gasteiger partial charge >= 0.3 is 0 Å². The van der Waals surface area contributed by atoms with Crippen LogP contribution in [-0.2, 0) is 13.0 Å². The van der Waals surface area contributed by atoms with Crippen molar-refractivity contribution in [3.8, 4) is 0 Å². The van der Waals surface area contributed by atoms with Crippen LogP contribution in [0.25, 0.3) is 0 Å². The first-order valence-corrected chi connectivity index (χ1v) is 7.12. The molecule has 0 bridgehead atoms. The van der Waals surface area contributed by atoms with E-state index < -0.39 is 0 Å². The van der Waals surface area contributed by atoms with E-state index in [1.54, 1.807) is 9.58 Å². The quantitative estimate of drug-likeness (QED) is 0.871. The van der Waals surface area contributed by atoms with Gasteiger partial charge in [0.1, 0.15) is 5.69 Å². The number of hydrogen-bond donors (Lipinski definition) is 1. The molecule has 1 saturated carbocycles. The van der Waals surface area contributed by atoms with E-state index in [0.717, 1.165) is 38.0 Å². The van der Waals surface area contributed by atoms with Crippen molar-refractivity contribution < 1.29 is 4.79 Å². The van der Waals surface area contributed by atoms with E-state index in [9.17, 15) is 4.79 Å². The highest BCUT2D eigenvalue weighted by Gasteiger charge is 2.29. The summed E-state index contributed by atoms with van der Waals surface area (Å²) in [5, 5.41) is 4.43. The number of rotatable bonds is 5. The number of amides is 1. The van der Waals surface area contributed by atoms with E-state index in [2.05, 4.69) is 12.0 Å². The van der Waals surface area contributed by atoms with Crippen molar-refractivity contribution in [1.82, 2.24) is 14.7 Å². The molecule has 0 unspecified atom stereocenters. The van der Waals surface area contributed by atoms with Gasteiger partial charge in [-0.3, -0.25) is 9.48 Å². The van der Waals surface area contributed by atoms with Crippen LogP contribution in [0.1, 0.15) is 42.9 Å². The molecule has 1 amide bonds. The Hall–Kier alpha value is -1.36. The second-order valence-electron chi connectivity index (χ2n) is 5.47. The molecule has 1 aliphatic rings. The topological polar surface area (TPSA) is 64.2 Å². The first kappa shape index (κ1) is 14.1. The van der Waals surface area contributed by atoms with Crippen LogP contribution in [-0.4, -0.2) is 40.2 Å². The number of hydrogen-bond acceptors (Lipinski definition) is 3. The summed E-state index contributed by atoms with van der Waals surface area (Å²) in [7, 11) is 1.87. The molecule has 2 N–H and O–H groups in total. The molecular formula is C14H24N4O. The monoisotopic (exact) mass is 264 g/mol. The first-order chi connectivity index (χ1) is 9.05. The SMILES string of the molecule is CCc1cc(C(=O)N(C)CC2CC(N)C2)n(CC)n1. The highest BCUT2D eigenvalue weighted by atomic mass is 16.2. The summed E-state index contributed by atoms with van der Waals surface area (Å²) in [6.45, 7) is 5.58. The lowest BCUT2D eigenvalue weighted by molar-refractivity contribution is 0.0722. The molecular weight excluding hydrogens is 240 g/mol. The van der Waals surface area contributed by atoms with Crippen molar-refractivity contribution in [3.63, 3.8) is 0 Å². The van der Waals surface area contributed by atoms with Gasteiger partial charge in [-0.1, -0.05) is 6.92 Å². The average Bonchev–Trinajstić information content (AvgIpc) is 2.79. The minimum atomic E-state index is 0.0644. The van der Waals surface area contributed by atoms with Crippen molar-refractivity contribution in [2.75, 3.05) is 13.6 Å². The Balaban J connectivity index is 2.03. The van der Waals surface area contributed by atoms with Crippen LogP contribution in [0.2, 0.25) is 0 Å². The Kier molecular flexibility index (Phi) is 4.24. The molecule has 1 aliphatic carbocycles. The van der Waals surface area contributed by atoms with Crippen molar-refractivity contribution in [2.45, 2.75) is 45.7 Å². The lowest BCUT2D eigenvalue weighted by Crippen LogP contribution is -2.43. The van der Waals surface area contributed by atoms with Crippen molar-refractivity contribution in [3.05, 3.63) is 17.5 Å². The fourth-order valence-corrected chi connectivity index (χ4v) is 2.66. The number of nitrogens with zero attached hydrogens (tertiary/aromatic N) is 3. The molecule has 1 aromatic heterocycles. The summed E-state index contributed by atoms with van der Waals surface area (Å²) in [4.78, 5) is 14.2. The summed E-state index contributed by atoms with van der Waals surface area (Å²) in [6, 6.07) is 2.25. The van der Waals surface area contributed by atoms with Crippen LogP contribution in [0.4, 0.5) is 0 Å². The van der Waals surface area contributed by atoms with Gasteiger partial charge in [-0.15, -0.1) is 0 Å². The summed E-state index contributed by atoms with van der Waals surface area (Å²) in [5.41, 5.74) is 7.46. The van der Waals surface area contributed by atoms with E-state index >= 15 is 0 Å². The number of carbonyl (C=O) groups is 1. The molecule has 106 valence electrons. The fraction of sp³-hybridized carbons (Fsp3) is 0.714. The van der Waals surface area contributed by atoms with Crippen molar-refractivity contribution in [2.24, 2.45) is 11.7 Å². The molecule has 1 aromatic rings. The standard InChI is InChI=1S/C14H24N4O/c1-4-12-8-13(18(5-2)16-12)14(19)17(3)9-10-6-11(15)7-10/h8,10-11H,4-7,9,15H2,1-3H3. The zero-order valence-electron chi connectivity index (χ0n) is 12.1. The summed E-state index contributed by atoms with van der Waals surface area (Å²) in [5.74, 6) is 0.627. The Morgan fingerprint density at radius 3 is 2.74 bits per heavy atom. The van der Waals surface area contributed by atoms with Gasteiger partial charge in [-0.05, 0) is 38.2 Å². The molecule has 5 heteroatoms. The lowest BCUT2D eigenvalue weighted by atomic mass is 9.80. The van der Waals surface area contributed by atoms with Gasteiger partial charge in [-0.25, -0.2) is 0 Å². The third-order valence-corrected chi connectivity index (χ3v) is 3.86. The van der Waals surface area contributed by atoms with Gasteiger partial charge in [0.15, 0.2) is 0 Å². The van der Waals surface area contributed by atoms with E-state index in [1.165, 1.54) is 0 Å². The first-order valence-electron chi connectivity index (χ1n) is 7.12. The highest BCUT2D eigenvalue weighted by Crippen LogP contribution is 2.26. The summed E-state index contributed by atoms with van der Waals surface area (Å²) < 4.78 is 1.80. The van der Waals surface area contributed by atoms with Gasteiger partial charge in [0.25, 0.3) is 5.91 Å². The van der Waals surface area contributed by atoms with E-state index in [0.29, 0.717) is 17.7 Å². The number of carbonyl (C=O) groups excluding carboxylic acids is 1. The Bertz CT molecular complexity index is 448. The molecule has 5 nitrogen and oxygen atoms in total. The third-order valence-electron chi connectivity index (χ3n) is 3.86. The predicted molar refractivity (Wildman–Crippen MR) is 74.9 cm³/mol. The van der Waals surface area contributed by atoms with Gasteiger partial charge in [0, 0.05) is 26.2 Å². The van der Waals surface area contributed by atoms with Crippen molar-refractivity contribution in [1.29, 1.82) is 0 Å². The molecule has 2 rings (SSSR count). The van der Waals surface area contributed by atoms with Crippen LogP contribution in [0, 0.1) is 5.92 Å². The second-order valence-corrected chi connectivity index (χ2v) is 5.47. The zero-order chi connectivity index (χ0) is 14.0. The van der Waals surface area contributed by atoms with Crippen LogP contribution in [0.5, 0.6) is 0 Å². The fourth-order valence-electron chi connectivity index (χ4n) is 2.66. The van der Waals surface area contributed by atoms with Crippen molar-refractivity contribution >= 4 is 5.91 Å². The maximum absolute atomic E-state index is 12.4. The van der Waals surface area contributed by atoms with Gasteiger partial charge in [-0.2, -0.15) is 5.10 Å². The Morgan fingerprint density at radius 2 is 2.21 bits per heavy atom. The third kappa shape index (κ3) is 2.97. The summed E-state index contributed by atoms with van der Waals surface area (Å²) in [6.07, 6.45) is 2.92. The second kappa shape index (κ2) is 5.74. The molecule has 0 aromatic carbocycles. The van der Waals surface area contributed by atoms with Crippen LogP contribution in [0.3, 0.4) is 0 Å². The summed E-state index contributed by atoms with van der Waals surface area (Å²) >= 11 is 0. The van der Waals surface area contributed by atoms with Gasteiger partial charge < -0.3 is 10.6 Å². The zero-order valence-corrected chi connectivity index (χ0v) is 12.1. The maximum Gasteiger partial charge on any atom is 0.271 e. The smallest absolute Gasteiger partial charge is 0.271 e. The Labute approximate surface area is 114 Å². The minimum Gasteiger partial charge on any atom is -0.340 e. The van der Waals surface area contributed by atoms with Crippen LogP contribution in [0.15, 0.2) is 6.07 Å². The Morgan fingerprint density at radius 1 is 1.53 bits per heavy atom. The largest absolute Gasteiger partial charge is 0.340 e. The van der Waals surface area contributed by atoms with Gasteiger partial charge in [0.2, 0.25) is 0 Å². The molecule has 0 spiro atoms.